The van der Waals surface area contributed by atoms with Gasteiger partial charge in [0.25, 0.3) is 0 Å². The van der Waals surface area contributed by atoms with Crippen LogP contribution in [0.5, 0.6) is 0 Å². The molecule has 37 heavy (non-hydrogen) atoms. The molecule has 0 unspecified atom stereocenters. The van der Waals surface area contributed by atoms with Crippen LogP contribution in [0.25, 0.3) is 22.0 Å². The molecule has 0 bridgehead atoms. The van der Waals surface area contributed by atoms with Crippen LogP contribution in [0.15, 0.2) is 105 Å². The molecule has 3 heterocycles. The Morgan fingerprint density at radius 1 is 0.892 bits per heavy atom. The van der Waals surface area contributed by atoms with E-state index in [0.29, 0.717) is 38.5 Å². The predicted molar refractivity (Wildman–Crippen MR) is 144 cm³/mol. The van der Waals surface area contributed by atoms with E-state index in [9.17, 15) is 8.42 Å². The molecule has 6 rings (SSSR count). The molecule has 0 spiro atoms. The quantitative estimate of drug-likeness (QED) is 0.299. The summed E-state index contributed by atoms with van der Waals surface area (Å²) in [6.07, 6.45) is 1.67. The third-order valence-corrected chi connectivity index (χ3v) is 9.20. The number of rotatable bonds is 6. The Balaban J connectivity index is 1.41. The van der Waals surface area contributed by atoms with Crippen molar-refractivity contribution in [1.29, 1.82) is 0 Å². The Labute approximate surface area is 218 Å². The van der Waals surface area contributed by atoms with E-state index in [0.717, 1.165) is 21.8 Å². The van der Waals surface area contributed by atoms with Crippen molar-refractivity contribution >= 4 is 37.8 Å². The first-order valence-corrected chi connectivity index (χ1v) is 14.3. The first kappa shape index (κ1) is 23.9. The van der Waals surface area contributed by atoms with Crippen molar-refractivity contribution in [2.75, 3.05) is 26.3 Å². The molecular formula is C28H25N3O4S2. The molecule has 0 atom stereocenters. The first-order valence-electron chi connectivity index (χ1n) is 12.0. The number of sulfonamides is 1. The molecule has 5 aromatic rings. The van der Waals surface area contributed by atoms with Gasteiger partial charge in [0.1, 0.15) is 5.76 Å². The van der Waals surface area contributed by atoms with E-state index in [1.54, 1.807) is 41.9 Å². The highest BCUT2D eigenvalue weighted by Crippen LogP contribution is 2.30. The van der Waals surface area contributed by atoms with Crippen molar-refractivity contribution in [3.05, 3.63) is 101 Å². The van der Waals surface area contributed by atoms with Gasteiger partial charge in [0.15, 0.2) is 4.80 Å². The molecule has 2 aromatic heterocycles. The molecule has 7 nitrogen and oxygen atoms in total. The Kier molecular flexibility index (Phi) is 6.52. The lowest BCUT2D eigenvalue weighted by atomic mass is 10.0. The Bertz CT molecular complexity index is 1690. The fraction of sp³-hybridized carbons (Fsp3) is 0.179. The Hall–Kier alpha value is -3.50. The minimum Gasteiger partial charge on any atom is -0.467 e. The van der Waals surface area contributed by atoms with Crippen molar-refractivity contribution < 1.29 is 17.6 Å². The Morgan fingerprint density at radius 2 is 1.68 bits per heavy atom. The number of hydrogen-bond donors (Lipinski definition) is 0. The van der Waals surface area contributed by atoms with Crippen LogP contribution in [-0.2, 0) is 21.3 Å². The van der Waals surface area contributed by atoms with E-state index in [-0.39, 0.29) is 4.90 Å². The molecule has 0 saturated carbocycles. The van der Waals surface area contributed by atoms with E-state index in [1.807, 2.05) is 24.3 Å². The van der Waals surface area contributed by atoms with Gasteiger partial charge in [-0.25, -0.2) is 13.4 Å². The summed E-state index contributed by atoms with van der Waals surface area (Å²) in [5, 5.41) is 4.45. The summed E-state index contributed by atoms with van der Waals surface area (Å²) in [7, 11) is -3.55. The molecular weight excluding hydrogens is 506 g/mol. The maximum atomic E-state index is 13.0. The van der Waals surface area contributed by atoms with E-state index in [2.05, 4.69) is 40.3 Å². The maximum Gasteiger partial charge on any atom is 0.243 e. The van der Waals surface area contributed by atoms with Crippen molar-refractivity contribution in [2.45, 2.75) is 11.4 Å². The monoisotopic (exact) mass is 531 g/mol. The number of morpholine rings is 1. The van der Waals surface area contributed by atoms with Crippen LogP contribution in [0.4, 0.5) is 5.69 Å². The van der Waals surface area contributed by atoms with Crippen LogP contribution >= 0.6 is 11.3 Å². The SMILES string of the molecule is O=S(=O)(c1ccc(N=c2scc(-c3cccc4ccccc34)n2Cc2ccco2)cc1)N1CCOCC1. The zero-order valence-corrected chi connectivity index (χ0v) is 21.6. The first-order chi connectivity index (χ1) is 18.1. The highest BCUT2D eigenvalue weighted by molar-refractivity contribution is 7.89. The van der Waals surface area contributed by atoms with Crippen LogP contribution < -0.4 is 4.80 Å². The minimum atomic E-state index is -3.55. The van der Waals surface area contributed by atoms with Crippen molar-refractivity contribution in [1.82, 2.24) is 8.87 Å². The average Bonchev–Trinajstić information content (AvgIpc) is 3.60. The number of aromatic nitrogens is 1. The van der Waals surface area contributed by atoms with Gasteiger partial charge in [-0.1, -0.05) is 42.5 Å². The van der Waals surface area contributed by atoms with Crippen molar-refractivity contribution in [3.63, 3.8) is 0 Å². The fourth-order valence-corrected chi connectivity index (χ4v) is 6.86. The lowest BCUT2D eigenvalue weighted by Crippen LogP contribution is -2.40. The van der Waals surface area contributed by atoms with E-state index >= 15 is 0 Å². The van der Waals surface area contributed by atoms with Crippen LogP contribution in [0.2, 0.25) is 0 Å². The summed E-state index contributed by atoms with van der Waals surface area (Å²) in [5.41, 5.74) is 2.85. The van der Waals surface area contributed by atoms with Gasteiger partial charge in [0, 0.05) is 24.0 Å². The molecule has 0 amide bonds. The molecule has 0 N–H and O–H groups in total. The van der Waals surface area contributed by atoms with Crippen molar-refractivity contribution in [2.24, 2.45) is 4.99 Å². The second-order valence-electron chi connectivity index (χ2n) is 8.72. The highest BCUT2D eigenvalue weighted by Gasteiger charge is 2.26. The summed E-state index contributed by atoms with van der Waals surface area (Å²) >= 11 is 1.54. The largest absolute Gasteiger partial charge is 0.467 e. The summed E-state index contributed by atoms with van der Waals surface area (Å²) in [4.78, 5) is 5.95. The maximum absolute atomic E-state index is 13.0. The van der Waals surface area contributed by atoms with Crippen molar-refractivity contribution in [3.8, 4) is 11.3 Å². The molecule has 0 radical (unpaired) electrons. The third kappa shape index (κ3) is 4.78. The number of thiazole rings is 1. The summed E-state index contributed by atoms with van der Waals surface area (Å²) in [6.45, 7) is 2.09. The number of fused-ring (bicyclic) bond motifs is 1. The van der Waals surface area contributed by atoms with Gasteiger partial charge in [-0.3, -0.25) is 0 Å². The average molecular weight is 532 g/mol. The zero-order chi connectivity index (χ0) is 25.2. The van der Waals surface area contributed by atoms with E-state index < -0.39 is 10.0 Å². The normalized spacial score (nSPS) is 15.4. The fourth-order valence-electron chi connectivity index (χ4n) is 4.53. The molecule has 1 fully saturated rings. The molecule has 1 saturated heterocycles. The van der Waals surface area contributed by atoms with Gasteiger partial charge in [-0.15, -0.1) is 11.3 Å². The van der Waals surface area contributed by atoms with Gasteiger partial charge in [0.05, 0.1) is 42.3 Å². The molecule has 1 aliphatic rings. The number of hydrogen-bond acceptors (Lipinski definition) is 6. The van der Waals surface area contributed by atoms with Gasteiger partial charge in [-0.2, -0.15) is 4.31 Å². The molecule has 1 aliphatic heterocycles. The summed E-state index contributed by atoms with van der Waals surface area (Å²) < 4.78 is 40.5. The van der Waals surface area contributed by atoms with Crippen LogP contribution in [-0.4, -0.2) is 43.6 Å². The van der Waals surface area contributed by atoms with Gasteiger partial charge < -0.3 is 13.7 Å². The second kappa shape index (κ2) is 10.1. The molecule has 9 heteroatoms. The number of nitrogens with zero attached hydrogens (tertiary/aromatic N) is 3. The number of benzene rings is 3. The highest BCUT2D eigenvalue weighted by atomic mass is 32.2. The standard InChI is InChI=1S/C28H25N3O4S2/c32-37(33,30-14-17-34-18-15-30)24-12-10-22(11-13-24)29-28-31(19-23-7-4-16-35-23)27(20-36-28)26-9-3-6-21-5-1-2-8-25(21)26/h1-13,16,20H,14-15,17-19H2. The van der Waals surface area contributed by atoms with Crippen LogP contribution in [0.1, 0.15) is 5.76 Å². The van der Waals surface area contributed by atoms with Gasteiger partial charge in [0.2, 0.25) is 10.0 Å². The smallest absolute Gasteiger partial charge is 0.243 e. The van der Waals surface area contributed by atoms with Gasteiger partial charge >= 0.3 is 0 Å². The number of furan rings is 1. The molecule has 188 valence electrons. The van der Waals surface area contributed by atoms with E-state index in [4.69, 9.17) is 14.1 Å². The van der Waals surface area contributed by atoms with Gasteiger partial charge in [-0.05, 0) is 47.2 Å². The van der Waals surface area contributed by atoms with Crippen LogP contribution in [0, 0.1) is 0 Å². The molecule has 3 aromatic carbocycles. The zero-order valence-electron chi connectivity index (χ0n) is 20.0. The lowest BCUT2D eigenvalue weighted by Gasteiger charge is -2.26. The second-order valence-corrected chi connectivity index (χ2v) is 11.5. The topological polar surface area (TPSA) is 77.0 Å². The Morgan fingerprint density at radius 3 is 2.46 bits per heavy atom. The van der Waals surface area contributed by atoms with E-state index in [1.165, 1.54) is 15.1 Å². The summed E-state index contributed by atoms with van der Waals surface area (Å²) in [5.74, 6) is 0.827. The molecule has 0 aliphatic carbocycles. The summed E-state index contributed by atoms with van der Waals surface area (Å²) in [6, 6.07) is 25.2. The minimum absolute atomic E-state index is 0.263. The number of ether oxygens (including phenoxy) is 1. The lowest BCUT2D eigenvalue weighted by molar-refractivity contribution is 0.0730. The predicted octanol–water partition coefficient (Wildman–Crippen LogP) is 5.26. The van der Waals surface area contributed by atoms with Crippen LogP contribution in [0.3, 0.4) is 0 Å². The third-order valence-electron chi connectivity index (χ3n) is 6.43.